The lowest BCUT2D eigenvalue weighted by molar-refractivity contribution is -0.111. The molecule has 0 saturated carbocycles. The number of carbonyl (C=O) groups excluding carboxylic acids is 1. The molecule has 7 nitrogen and oxygen atoms in total. The van der Waals surface area contributed by atoms with E-state index in [4.69, 9.17) is 14.3 Å². The van der Waals surface area contributed by atoms with Crippen molar-refractivity contribution in [3.63, 3.8) is 0 Å². The minimum Gasteiger partial charge on any atom is -0.481 e. The topological polar surface area (TPSA) is 73.8 Å². The fourth-order valence-electron chi connectivity index (χ4n) is 1.40. The van der Waals surface area contributed by atoms with Crippen molar-refractivity contribution in [2.45, 2.75) is 0 Å². The van der Waals surface area contributed by atoms with Crippen LogP contribution >= 0.6 is 0 Å². The molecule has 7 heteroatoms. The average molecular weight is 275 g/mol. The third-order valence-electron chi connectivity index (χ3n) is 2.33. The Morgan fingerprint density at radius 3 is 2.15 bits per heavy atom. The Hall–Kier alpha value is -2.83. The van der Waals surface area contributed by atoms with Crippen molar-refractivity contribution in [1.82, 2.24) is 9.97 Å². The van der Waals surface area contributed by atoms with Crippen LogP contribution in [0.2, 0.25) is 0 Å². The number of methoxy groups -OCH3 is 2. The van der Waals surface area contributed by atoms with Crippen molar-refractivity contribution in [2.24, 2.45) is 0 Å². The standard InChI is InChI=1S/C13H13N3O4/c1-18-11-8-12(19-2)15-13(14-11)16(9-17)20-10-6-4-3-5-7-10/h3-9H,1-2H3. The lowest BCUT2D eigenvalue weighted by Gasteiger charge is -2.16. The number of ether oxygens (including phenoxy) is 2. The number of para-hydroxylation sites is 1. The van der Waals surface area contributed by atoms with Crippen LogP contribution in [-0.4, -0.2) is 30.6 Å². The number of hydrogen-bond donors (Lipinski definition) is 0. The van der Waals surface area contributed by atoms with Gasteiger partial charge in [-0.25, -0.2) is 0 Å². The van der Waals surface area contributed by atoms with E-state index < -0.39 is 0 Å². The Morgan fingerprint density at radius 1 is 1.05 bits per heavy atom. The number of nitrogens with zero attached hydrogens (tertiary/aromatic N) is 3. The summed E-state index contributed by atoms with van der Waals surface area (Å²) in [6.07, 6.45) is 0.460. The third kappa shape index (κ3) is 3.14. The van der Waals surface area contributed by atoms with Gasteiger partial charge in [-0.3, -0.25) is 4.79 Å². The van der Waals surface area contributed by atoms with E-state index >= 15 is 0 Å². The zero-order chi connectivity index (χ0) is 14.4. The molecule has 1 aromatic carbocycles. The normalized spacial score (nSPS) is 9.70. The Kier molecular flexibility index (Phi) is 4.33. The van der Waals surface area contributed by atoms with Gasteiger partial charge in [-0.15, -0.1) is 5.06 Å². The Labute approximate surface area is 115 Å². The predicted molar refractivity (Wildman–Crippen MR) is 70.7 cm³/mol. The minimum atomic E-state index is 0.0139. The molecule has 0 unspecified atom stereocenters. The number of hydrogen-bond acceptors (Lipinski definition) is 6. The number of hydroxylamine groups is 1. The van der Waals surface area contributed by atoms with E-state index in [2.05, 4.69) is 9.97 Å². The van der Waals surface area contributed by atoms with Crippen molar-refractivity contribution in [3.05, 3.63) is 36.4 Å². The molecular formula is C13H13N3O4. The molecule has 2 rings (SSSR count). The monoisotopic (exact) mass is 275 g/mol. The molecule has 0 N–H and O–H groups in total. The number of amides is 1. The number of benzene rings is 1. The molecule has 0 radical (unpaired) electrons. The lowest BCUT2D eigenvalue weighted by atomic mass is 10.3. The SMILES string of the molecule is COc1cc(OC)nc(N(C=O)Oc2ccccc2)n1. The van der Waals surface area contributed by atoms with Crippen LogP contribution in [0.15, 0.2) is 36.4 Å². The van der Waals surface area contributed by atoms with E-state index in [1.165, 1.54) is 20.3 Å². The van der Waals surface area contributed by atoms with Crippen LogP contribution in [0.1, 0.15) is 0 Å². The van der Waals surface area contributed by atoms with Crippen molar-refractivity contribution in [1.29, 1.82) is 0 Å². The second-order valence-corrected chi connectivity index (χ2v) is 3.59. The number of rotatable bonds is 6. The maximum Gasteiger partial charge on any atom is 0.273 e. The summed E-state index contributed by atoms with van der Waals surface area (Å²) in [4.78, 5) is 24.6. The van der Waals surface area contributed by atoms with Crippen molar-refractivity contribution in [2.75, 3.05) is 19.3 Å². The summed E-state index contributed by atoms with van der Waals surface area (Å²) in [6, 6.07) is 10.3. The first kappa shape index (κ1) is 13.6. The van der Waals surface area contributed by atoms with Crippen LogP contribution < -0.4 is 19.4 Å². The molecule has 20 heavy (non-hydrogen) atoms. The van der Waals surface area contributed by atoms with Gasteiger partial charge in [-0.1, -0.05) is 18.2 Å². The van der Waals surface area contributed by atoms with Gasteiger partial charge in [-0.2, -0.15) is 9.97 Å². The highest BCUT2D eigenvalue weighted by atomic mass is 16.7. The first-order chi connectivity index (χ1) is 9.76. The van der Waals surface area contributed by atoms with Gasteiger partial charge in [0.25, 0.3) is 12.4 Å². The first-order valence-electron chi connectivity index (χ1n) is 5.71. The number of anilines is 1. The molecule has 0 bridgehead atoms. The maximum atomic E-state index is 11.1. The maximum absolute atomic E-state index is 11.1. The zero-order valence-electron chi connectivity index (χ0n) is 11.0. The molecule has 104 valence electrons. The molecule has 0 aliphatic carbocycles. The molecule has 1 heterocycles. The Balaban J connectivity index is 2.29. The second kappa shape index (κ2) is 6.37. The lowest BCUT2D eigenvalue weighted by Crippen LogP contribution is -2.27. The van der Waals surface area contributed by atoms with Crippen LogP contribution in [0.4, 0.5) is 5.95 Å². The van der Waals surface area contributed by atoms with Gasteiger partial charge in [0.2, 0.25) is 11.8 Å². The van der Waals surface area contributed by atoms with E-state index in [9.17, 15) is 4.79 Å². The summed E-state index contributed by atoms with van der Waals surface area (Å²) >= 11 is 0. The highest BCUT2D eigenvalue weighted by Gasteiger charge is 2.14. The summed E-state index contributed by atoms with van der Waals surface area (Å²) in [6.45, 7) is 0. The summed E-state index contributed by atoms with van der Waals surface area (Å²) in [5, 5.41) is 0.889. The zero-order valence-corrected chi connectivity index (χ0v) is 11.0. The molecule has 1 amide bonds. The molecule has 0 fully saturated rings. The van der Waals surface area contributed by atoms with E-state index in [-0.39, 0.29) is 17.7 Å². The molecule has 0 spiro atoms. The van der Waals surface area contributed by atoms with Crippen molar-refractivity contribution >= 4 is 12.4 Å². The molecule has 1 aromatic heterocycles. The Morgan fingerprint density at radius 2 is 1.65 bits per heavy atom. The fraction of sp³-hybridized carbons (Fsp3) is 0.154. The molecule has 0 saturated heterocycles. The Bertz CT molecular complexity index is 555. The summed E-state index contributed by atoms with van der Waals surface area (Å²) in [5.74, 6) is 1.01. The van der Waals surface area contributed by atoms with Gasteiger partial charge in [0, 0.05) is 0 Å². The molecule has 0 aliphatic heterocycles. The minimum absolute atomic E-state index is 0.0139. The van der Waals surface area contributed by atoms with Crippen LogP contribution in [0.5, 0.6) is 17.5 Å². The van der Waals surface area contributed by atoms with Crippen LogP contribution in [0.3, 0.4) is 0 Å². The molecule has 0 aliphatic rings. The van der Waals surface area contributed by atoms with Gasteiger partial charge >= 0.3 is 0 Å². The van der Waals surface area contributed by atoms with E-state index in [1.54, 1.807) is 24.3 Å². The van der Waals surface area contributed by atoms with Gasteiger partial charge in [0.05, 0.1) is 20.3 Å². The largest absolute Gasteiger partial charge is 0.481 e. The summed E-state index contributed by atoms with van der Waals surface area (Å²) < 4.78 is 10.0. The van der Waals surface area contributed by atoms with Crippen LogP contribution in [-0.2, 0) is 4.79 Å². The molecule has 2 aromatic rings. The highest BCUT2D eigenvalue weighted by Crippen LogP contribution is 2.20. The highest BCUT2D eigenvalue weighted by molar-refractivity contribution is 5.68. The fourth-order valence-corrected chi connectivity index (χ4v) is 1.40. The van der Waals surface area contributed by atoms with Gasteiger partial charge in [0.1, 0.15) is 0 Å². The van der Waals surface area contributed by atoms with Crippen LogP contribution in [0, 0.1) is 0 Å². The van der Waals surface area contributed by atoms with E-state index in [0.29, 0.717) is 12.2 Å². The summed E-state index contributed by atoms with van der Waals surface area (Å²) in [5.41, 5.74) is 0. The third-order valence-corrected chi connectivity index (χ3v) is 2.33. The van der Waals surface area contributed by atoms with E-state index in [1.807, 2.05) is 6.07 Å². The molecular weight excluding hydrogens is 262 g/mol. The average Bonchev–Trinajstić information content (AvgIpc) is 2.53. The quantitative estimate of drug-likeness (QED) is 0.587. The van der Waals surface area contributed by atoms with Crippen molar-refractivity contribution in [3.8, 4) is 17.5 Å². The van der Waals surface area contributed by atoms with Gasteiger partial charge < -0.3 is 14.3 Å². The predicted octanol–water partition coefficient (Wildman–Crippen LogP) is 1.45. The number of aromatic nitrogens is 2. The van der Waals surface area contributed by atoms with E-state index in [0.717, 1.165) is 5.06 Å². The molecule has 0 atom stereocenters. The van der Waals surface area contributed by atoms with Crippen molar-refractivity contribution < 1.29 is 19.1 Å². The number of carbonyl (C=O) groups is 1. The second-order valence-electron chi connectivity index (χ2n) is 3.59. The smallest absolute Gasteiger partial charge is 0.273 e. The van der Waals surface area contributed by atoms with Crippen LogP contribution in [0.25, 0.3) is 0 Å². The first-order valence-corrected chi connectivity index (χ1v) is 5.71. The summed E-state index contributed by atoms with van der Waals surface area (Å²) in [7, 11) is 2.91. The van der Waals surface area contributed by atoms with Gasteiger partial charge in [0.15, 0.2) is 5.75 Å². The van der Waals surface area contributed by atoms with Gasteiger partial charge in [-0.05, 0) is 12.1 Å².